The van der Waals surface area contributed by atoms with Crippen molar-refractivity contribution in [3.8, 4) is 0 Å². The zero-order chi connectivity index (χ0) is 8.97. The van der Waals surface area contributed by atoms with E-state index in [1.165, 1.54) is 6.42 Å². The van der Waals surface area contributed by atoms with Crippen molar-refractivity contribution in [1.29, 1.82) is 0 Å². The number of ether oxygens (including phenoxy) is 1. The van der Waals surface area contributed by atoms with Gasteiger partial charge in [0, 0.05) is 4.83 Å². The third-order valence-electron chi connectivity index (χ3n) is 2.23. The SMILES string of the molecule is CCOC(=O)C1CCCC(Br)C1. The van der Waals surface area contributed by atoms with Gasteiger partial charge in [0.25, 0.3) is 0 Å². The van der Waals surface area contributed by atoms with Crippen LogP contribution in [0.3, 0.4) is 0 Å². The molecular weight excluding hydrogens is 220 g/mol. The van der Waals surface area contributed by atoms with Crippen molar-refractivity contribution in [3.05, 3.63) is 0 Å². The maximum atomic E-state index is 11.3. The topological polar surface area (TPSA) is 26.3 Å². The third kappa shape index (κ3) is 2.77. The van der Waals surface area contributed by atoms with Crippen molar-refractivity contribution < 1.29 is 9.53 Å². The van der Waals surface area contributed by atoms with Crippen molar-refractivity contribution in [3.63, 3.8) is 0 Å². The van der Waals surface area contributed by atoms with Crippen molar-refractivity contribution in [2.75, 3.05) is 6.61 Å². The molecule has 3 heteroatoms. The molecule has 0 amide bonds. The van der Waals surface area contributed by atoms with E-state index < -0.39 is 0 Å². The number of carbonyl (C=O) groups is 1. The standard InChI is InChI=1S/C9H15BrO2/c1-2-12-9(11)7-4-3-5-8(10)6-7/h7-8H,2-6H2,1H3. The Kier molecular flexibility index (Phi) is 4.06. The summed E-state index contributed by atoms with van der Waals surface area (Å²) in [5.74, 6) is 0.129. The van der Waals surface area contributed by atoms with Crippen LogP contribution in [0.5, 0.6) is 0 Å². The lowest BCUT2D eigenvalue weighted by Gasteiger charge is -2.23. The molecule has 1 aliphatic carbocycles. The van der Waals surface area contributed by atoms with Crippen LogP contribution in [0.4, 0.5) is 0 Å². The largest absolute Gasteiger partial charge is 0.466 e. The summed E-state index contributed by atoms with van der Waals surface area (Å²) < 4.78 is 4.97. The predicted molar refractivity (Wildman–Crippen MR) is 51.3 cm³/mol. The van der Waals surface area contributed by atoms with E-state index in [-0.39, 0.29) is 11.9 Å². The molecule has 0 N–H and O–H groups in total. The van der Waals surface area contributed by atoms with Gasteiger partial charge in [0.05, 0.1) is 12.5 Å². The molecule has 0 heterocycles. The van der Waals surface area contributed by atoms with E-state index in [0.29, 0.717) is 11.4 Å². The smallest absolute Gasteiger partial charge is 0.308 e. The van der Waals surface area contributed by atoms with Crippen LogP contribution < -0.4 is 0 Å². The quantitative estimate of drug-likeness (QED) is 0.543. The molecule has 2 atom stereocenters. The molecule has 0 radical (unpaired) electrons. The van der Waals surface area contributed by atoms with E-state index in [1.54, 1.807) is 0 Å². The van der Waals surface area contributed by atoms with Crippen LogP contribution in [0.1, 0.15) is 32.6 Å². The van der Waals surface area contributed by atoms with Crippen LogP contribution in [0.2, 0.25) is 0 Å². The van der Waals surface area contributed by atoms with Crippen LogP contribution in [0.15, 0.2) is 0 Å². The van der Waals surface area contributed by atoms with Crippen LogP contribution in [-0.4, -0.2) is 17.4 Å². The first kappa shape index (κ1) is 10.0. The Hall–Kier alpha value is -0.0500. The molecule has 1 aliphatic rings. The van der Waals surface area contributed by atoms with E-state index in [0.717, 1.165) is 19.3 Å². The van der Waals surface area contributed by atoms with Gasteiger partial charge in [0.15, 0.2) is 0 Å². The fourth-order valence-corrected chi connectivity index (χ4v) is 2.38. The molecule has 0 aromatic heterocycles. The maximum Gasteiger partial charge on any atom is 0.308 e. The first-order valence-corrected chi connectivity index (χ1v) is 5.46. The zero-order valence-corrected chi connectivity index (χ0v) is 8.97. The molecule has 1 fully saturated rings. The summed E-state index contributed by atoms with van der Waals surface area (Å²) in [6.45, 7) is 2.36. The molecule has 1 saturated carbocycles. The summed E-state index contributed by atoms with van der Waals surface area (Å²) in [7, 11) is 0. The maximum absolute atomic E-state index is 11.3. The number of carbonyl (C=O) groups excluding carboxylic acids is 1. The first-order valence-electron chi connectivity index (χ1n) is 4.54. The number of hydrogen-bond acceptors (Lipinski definition) is 2. The second-order valence-corrected chi connectivity index (χ2v) is 4.51. The number of hydrogen-bond donors (Lipinski definition) is 0. The molecule has 0 aliphatic heterocycles. The van der Waals surface area contributed by atoms with Gasteiger partial charge in [0.2, 0.25) is 0 Å². The minimum absolute atomic E-state index is 0.0124. The number of halogens is 1. The molecule has 0 spiro atoms. The third-order valence-corrected chi connectivity index (χ3v) is 3.06. The number of rotatable bonds is 2. The molecule has 0 bridgehead atoms. The second-order valence-electron chi connectivity index (χ2n) is 3.21. The Bertz CT molecular complexity index is 159. The summed E-state index contributed by atoms with van der Waals surface area (Å²) in [4.78, 5) is 11.8. The van der Waals surface area contributed by atoms with Crippen molar-refractivity contribution in [2.24, 2.45) is 5.92 Å². The van der Waals surface area contributed by atoms with Crippen LogP contribution in [0, 0.1) is 5.92 Å². The Morgan fingerprint density at radius 3 is 2.92 bits per heavy atom. The lowest BCUT2D eigenvalue weighted by atomic mass is 9.89. The van der Waals surface area contributed by atoms with Gasteiger partial charge in [-0.25, -0.2) is 0 Å². The Labute approximate surface area is 81.8 Å². The highest BCUT2D eigenvalue weighted by Crippen LogP contribution is 2.29. The molecular formula is C9H15BrO2. The van der Waals surface area contributed by atoms with Crippen molar-refractivity contribution in [2.45, 2.75) is 37.4 Å². The van der Waals surface area contributed by atoms with E-state index in [9.17, 15) is 4.79 Å². The summed E-state index contributed by atoms with van der Waals surface area (Å²) in [6, 6.07) is 0. The number of alkyl halides is 1. The van der Waals surface area contributed by atoms with Gasteiger partial charge in [0.1, 0.15) is 0 Å². The Morgan fingerprint density at radius 2 is 2.33 bits per heavy atom. The highest BCUT2D eigenvalue weighted by atomic mass is 79.9. The normalized spacial score (nSPS) is 29.8. The zero-order valence-electron chi connectivity index (χ0n) is 7.38. The average Bonchev–Trinajstić information content (AvgIpc) is 2.05. The van der Waals surface area contributed by atoms with Gasteiger partial charge in [-0.15, -0.1) is 0 Å². The summed E-state index contributed by atoms with van der Waals surface area (Å²) in [6.07, 6.45) is 4.27. The Morgan fingerprint density at radius 1 is 1.58 bits per heavy atom. The lowest BCUT2D eigenvalue weighted by Crippen LogP contribution is -2.24. The van der Waals surface area contributed by atoms with Crippen molar-refractivity contribution in [1.82, 2.24) is 0 Å². The van der Waals surface area contributed by atoms with E-state index in [2.05, 4.69) is 15.9 Å². The van der Waals surface area contributed by atoms with Gasteiger partial charge >= 0.3 is 5.97 Å². The molecule has 12 heavy (non-hydrogen) atoms. The molecule has 2 unspecified atom stereocenters. The van der Waals surface area contributed by atoms with Gasteiger partial charge in [-0.1, -0.05) is 22.4 Å². The molecule has 0 saturated heterocycles. The molecule has 70 valence electrons. The highest BCUT2D eigenvalue weighted by molar-refractivity contribution is 9.09. The van der Waals surface area contributed by atoms with Crippen molar-refractivity contribution >= 4 is 21.9 Å². The van der Waals surface area contributed by atoms with Crippen LogP contribution in [-0.2, 0) is 9.53 Å². The molecule has 0 aromatic carbocycles. The summed E-state index contributed by atoms with van der Waals surface area (Å²) >= 11 is 3.54. The van der Waals surface area contributed by atoms with Crippen LogP contribution >= 0.6 is 15.9 Å². The average molecular weight is 235 g/mol. The van der Waals surface area contributed by atoms with Crippen LogP contribution in [0.25, 0.3) is 0 Å². The summed E-state index contributed by atoms with van der Waals surface area (Å²) in [5, 5.41) is 0. The van der Waals surface area contributed by atoms with Gasteiger partial charge in [-0.2, -0.15) is 0 Å². The minimum Gasteiger partial charge on any atom is -0.466 e. The second kappa shape index (κ2) is 4.85. The van der Waals surface area contributed by atoms with E-state index in [4.69, 9.17) is 4.74 Å². The van der Waals surface area contributed by atoms with Gasteiger partial charge < -0.3 is 4.74 Å². The fraction of sp³-hybridized carbons (Fsp3) is 0.889. The molecule has 1 rings (SSSR count). The summed E-state index contributed by atoms with van der Waals surface area (Å²) in [5.41, 5.74) is 0. The molecule has 0 aromatic rings. The number of esters is 1. The molecule has 2 nitrogen and oxygen atoms in total. The minimum atomic E-state index is -0.0124. The monoisotopic (exact) mass is 234 g/mol. The Balaban J connectivity index is 2.35. The first-order chi connectivity index (χ1) is 5.74. The lowest BCUT2D eigenvalue weighted by molar-refractivity contribution is -0.148. The fourth-order valence-electron chi connectivity index (χ4n) is 1.60. The van der Waals surface area contributed by atoms with Gasteiger partial charge in [-0.05, 0) is 26.2 Å². The van der Waals surface area contributed by atoms with E-state index in [1.807, 2.05) is 6.92 Å². The predicted octanol–water partition coefficient (Wildman–Crippen LogP) is 2.50. The van der Waals surface area contributed by atoms with E-state index >= 15 is 0 Å². The van der Waals surface area contributed by atoms with Gasteiger partial charge in [-0.3, -0.25) is 4.79 Å². The highest BCUT2D eigenvalue weighted by Gasteiger charge is 2.26.